The Morgan fingerprint density at radius 1 is 1.30 bits per heavy atom. The molecule has 1 aliphatic heterocycles. The number of nitrogens with zero attached hydrogens (tertiary/aromatic N) is 1. The predicted octanol–water partition coefficient (Wildman–Crippen LogP) is 3.70. The van der Waals surface area contributed by atoms with Crippen molar-refractivity contribution in [1.82, 2.24) is 4.90 Å². The fourth-order valence-electron chi connectivity index (χ4n) is 3.02. The van der Waals surface area contributed by atoms with Crippen molar-refractivity contribution >= 4 is 23.1 Å². The van der Waals surface area contributed by atoms with Crippen molar-refractivity contribution in [3.8, 4) is 5.75 Å². The molecule has 2 N–H and O–H groups in total. The molecule has 0 aliphatic carbocycles. The lowest BCUT2D eigenvalue weighted by Gasteiger charge is -2.26. The summed E-state index contributed by atoms with van der Waals surface area (Å²) in [5.74, 6) is 0.891. The summed E-state index contributed by atoms with van der Waals surface area (Å²) in [6.45, 7) is 5.82. The van der Waals surface area contributed by atoms with E-state index in [4.69, 9.17) is 22.1 Å². The Kier molecular flexibility index (Phi) is 7.18. The van der Waals surface area contributed by atoms with Gasteiger partial charge in [-0.1, -0.05) is 18.0 Å². The molecule has 0 atom stereocenters. The van der Waals surface area contributed by atoms with Crippen molar-refractivity contribution in [1.29, 1.82) is 0 Å². The van der Waals surface area contributed by atoms with Crippen molar-refractivity contribution < 1.29 is 9.53 Å². The summed E-state index contributed by atoms with van der Waals surface area (Å²) in [4.78, 5) is 14.7. The molecule has 5 heteroatoms. The normalized spacial score (nSPS) is 15.6. The number of piperidine rings is 1. The lowest BCUT2D eigenvalue weighted by molar-refractivity contribution is -0.118. The van der Waals surface area contributed by atoms with Gasteiger partial charge in [-0.05, 0) is 51.9 Å². The van der Waals surface area contributed by atoms with E-state index >= 15 is 0 Å². The van der Waals surface area contributed by atoms with Crippen molar-refractivity contribution in [2.75, 3.05) is 32.0 Å². The van der Waals surface area contributed by atoms with Gasteiger partial charge in [-0.3, -0.25) is 4.79 Å². The van der Waals surface area contributed by atoms with Crippen LogP contribution in [0.1, 0.15) is 44.6 Å². The van der Waals surface area contributed by atoms with E-state index in [1.165, 1.54) is 32.4 Å². The van der Waals surface area contributed by atoms with Gasteiger partial charge in [-0.2, -0.15) is 0 Å². The molecule has 0 spiro atoms. The first-order chi connectivity index (χ1) is 11.1. The number of nitrogens with two attached hydrogens (primary N) is 1. The van der Waals surface area contributed by atoms with E-state index in [0.717, 1.165) is 18.5 Å². The number of ether oxygens (including phenoxy) is 1. The predicted molar refractivity (Wildman–Crippen MR) is 95.3 cm³/mol. The zero-order chi connectivity index (χ0) is 16.7. The van der Waals surface area contributed by atoms with Gasteiger partial charge < -0.3 is 15.4 Å². The maximum absolute atomic E-state index is 12.3. The number of benzene rings is 1. The molecule has 128 valence electrons. The SMILES string of the molecule is CCOc1cc(N)c(Cl)cc1CC(=O)CCCN1CCCCC1. The zero-order valence-corrected chi connectivity index (χ0v) is 14.7. The van der Waals surface area contributed by atoms with Crippen LogP contribution in [0.25, 0.3) is 0 Å². The lowest BCUT2D eigenvalue weighted by atomic mass is 10.0. The molecule has 0 saturated carbocycles. The number of hydrogen-bond acceptors (Lipinski definition) is 4. The molecule has 1 aromatic carbocycles. The van der Waals surface area contributed by atoms with Crippen LogP contribution in [0.2, 0.25) is 5.02 Å². The summed E-state index contributed by atoms with van der Waals surface area (Å²) in [5.41, 5.74) is 7.12. The van der Waals surface area contributed by atoms with Crippen LogP contribution in [0.4, 0.5) is 5.69 Å². The third-order valence-corrected chi connectivity index (χ3v) is 4.57. The van der Waals surface area contributed by atoms with Crippen LogP contribution in [0, 0.1) is 0 Å². The van der Waals surface area contributed by atoms with E-state index in [1.807, 2.05) is 6.92 Å². The highest BCUT2D eigenvalue weighted by atomic mass is 35.5. The summed E-state index contributed by atoms with van der Waals surface area (Å²) in [6.07, 6.45) is 5.80. The molecule has 0 radical (unpaired) electrons. The van der Waals surface area contributed by atoms with Gasteiger partial charge >= 0.3 is 0 Å². The number of hydrogen-bond donors (Lipinski definition) is 1. The molecular weight excluding hydrogens is 312 g/mol. The fourth-order valence-corrected chi connectivity index (χ4v) is 3.21. The van der Waals surface area contributed by atoms with Gasteiger partial charge in [0.15, 0.2) is 0 Å². The highest BCUT2D eigenvalue weighted by Crippen LogP contribution is 2.29. The second-order valence-corrected chi connectivity index (χ2v) is 6.54. The molecule has 0 bridgehead atoms. The molecule has 1 aromatic rings. The molecule has 0 aromatic heterocycles. The molecule has 1 fully saturated rings. The second kappa shape index (κ2) is 9.14. The Labute approximate surface area is 143 Å². The van der Waals surface area contributed by atoms with E-state index in [0.29, 0.717) is 35.9 Å². The summed E-state index contributed by atoms with van der Waals surface area (Å²) in [7, 11) is 0. The number of anilines is 1. The highest BCUT2D eigenvalue weighted by Gasteiger charge is 2.14. The minimum Gasteiger partial charge on any atom is -0.494 e. The Hall–Kier alpha value is -1.26. The van der Waals surface area contributed by atoms with Crippen LogP contribution in [0.3, 0.4) is 0 Å². The number of carbonyl (C=O) groups is 1. The number of nitrogen functional groups attached to an aromatic ring is 1. The third-order valence-electron chi connectivity index (χ3n) is 4.25. The Balaban J connectivity index is 1.85. The van der Waals surface area contributed by atoms with Crippen molar-refractivity contribution in [2.24, 2.45) is 0 Å². The molecule has 2 rings (SSSR count). The van der Waals surface area contributed by atoms with Gasteiger partial charge in [0.1, 0.15) is 11.5 Å². The van der Waals surface area contributed by atoms with E-state index in [9.17, 15) is 4.79 Å². The average molecular weight is 339 g/mol. The minimum atomic E-state index is 0.226. The Morgan fingerprint density at radius 2 is 2.04 bits per heavy atom. The first kappa shape index (κ1) is 18.1. The highest BCUT2D eigenvalue weighted by molar-refractivity contribution is 6.33. The molecule has 1 heterocycles. The number of ketones is 1. The first-order valence-corrected chi connectivity index (χ1v) is 8.92. The number of rotatable bonds is 8. The molecule has 1 aliphatic rings. The number of likely N-dealkylation sites (tertiary alicyclic amines) is 1. The maximum atomic E-state index is 12.3. The topological polar surface area (TPSA) is 55.6 Å². The van der Waals surface area contributed by atoms with Gasteiger partial charge in [0.25, 0.3) is 0 Å². The van der Waals surface area contributed by atoms with Gasteiger partial charge in [0.2, 0.25) is 0 Å². The van der Waals surface area contributed by atoms with Gasteiger partial charge in [0, 0.05) is 24.5 Å². The van der Waals surface area contributed by atoms with Gasteiger partial charge in [-0.15, -0.1) is 0 Å². The smallest absolute Gasteiger partial charge is 0.137 e. The molecule has 0 amide bonds. The van der Waals surface area contributed by atoms with Crippen molar-refractivity contribution in [3.05, 3.63) is 22.7 Å². The maximum Gasteiger partial charge on any atom is 0.137 e. The number of halogens is 1. The monoisotopic (exact) mass is 338 g/mol. The lowest BCUT2D eigenvalue weighted by Crippen LogP contribution is -2.30. The molecular formula is C18H27ClN2O2. The fraction of sp³-hybridized carbons (Fsp3) is 0.611. The summed E-state index contributed by atoms with van der Waals surface area (Å²) in [6, 6.07) is 3.46. The number of Topliss-reactive ketones (excluding diaryl/α,β-unsaturated/α-hetero) is 1. The quantitative estimate of drug-likeness (QED) is 0.734. The van der Waals surface area contributed by atoms with E-state index < -0.39 is 0 Å². The van der Waals surface area contributed by atoms with Crippen LogP contribution in [0.15, 0.2) is 12.1 Å². The van der Waals surface area contributed by atoms with Crippen LogP contribution < -0.4 is 10.5 Å². The summed E-state index contributed by atoms with van der Waals surface area (Å²) in [5, 5.41) is 0.476. The van der Waals surface area contributed by atoms with E-state index in [-0.39, 0.29) is 5.78 Å². The standard InChI is InChI=1S/C18H27ClN2O2/c1-2-23-18-13-17(20)16(19)12-14(18)11-15(22)7-6-10-21-8-4-3-5-9-21/h12-13H,2-11,20H2,1H3. The number of carbonyl (C=O) groups excluding carboxylic acids is 1. The first-order valence-electron chi connectivity index (χ1n) is 8.55. The zero-order valence-electron chi connectivity index (χ0n) is 13.9. The van der Waals surface area contributed by atoms with Crippen LogP contribution >= 0.6 is 11.6 Å². The van der Waals surface area contributed by atoms with Crippen molar-refractivity contribution in [3.63, 3.8) is 0 Å². The largest absolute Gasteiger partial charge is 0.494 e. The second-order valence-electron chi connectivity index (χ2n) is 6.14. The van der Waals surface area contributed by atoms with Crippen molar-refractivity contribution in [2.45, 2.75) is 45.4 Å². The summed E-state index contributed by atoms with van der Waals surface area (Å²) < 4.78 is 5.57. The third kappa shape index (κ3) is 5.70. The molecule has 4 nitrogen and oxygen atoms in total. The van der Waals surface area contributed by atoms with E-state index in [1.54, 1.807) is 12.1 Å². The van der Waals surface area contributed by atoms with Crippen LogP contribution in [0.5, 0.6) is 5.75 Å². The Morgan fingerprint density at radius 3 is 2.74 bits per heavy atom. The average Bonchev–Trinajstić information content (AvgIpc) is 2.53. The minimum absolute atomic E-state index is 0.226. The van der Waals surface area contributed by atoms with Gasteiger partial charge in [0.05, 0.1) is 17.3 Å². The Bertz CT molecular complexity index is 528. The van der Waals surface area contributed by atoms with E-state index in [2.05, 4.69) is 4.90 Å². The summed E-state index contributed by atoms with van der Waals surface area (Å²) >= 11 is 6.08. The van der Waals surface area contributed by atoms with Crippen LogP contribution in [-0.4, -0.2) is 36.9 Å². The molecule has 23 heavy (non-hydrogen) atoms. The van der Waals surface area contributed by atoms with Crippen LogP contribution in [-0.2, 0) is 11.2 Å². The van der Waals surface area contributed by atoms with Gasteiger partial charge in [-0.25, -0.2) is 0 Å². The molecule has 0 unspecified atom stereocenters. The molecule has 1 saturated heterocycles.